The van der Waals surface area contributed by atoms with Crippen LogP contribution in [0.2, 0.25) is 0 Å². The number of amidine groups is 1. The van der Waals surface area contributed by atoms with Gasteiger partial charge < -0.3 is 25.6 Å². The van der Waals surface area contributed by atoms with Gasteiger partial charge in [0.15, 0.2) is 5.17 Å². The van der Waals surface area contributed by atoms with E-state index in [9.17, 15) is 10.2 Å². The van der Waals surface area contributed by atoms with Crippen LogP contribution in [0.15, 0.2) is 4.99 Å². The highest BCUT2D eigenvalue weighted by Crippen LogP contribution is 2.36. The maximum atomic E-state index is 10.0. The van der Waals surface area contributed by atoms with E-state index in [0.29, 0.717) is 6.42 Å². The maximum absolute atomic E-state index is 10.0. The fourth-order valence-corrected chi connectivity index (χ4v) is 3.16. The Morgan fingerprint density at radius 1 is 1.35 bits per heavy atom. The molecule has 0 aromatic heterocycles. The summed E-state index contributed by atoms with van der Waals surface area (Å²) >= 11 is 1.46. The van der Waals surface area contributed by atoms with Crippen molar-refractivity contribution < 1.29 is 14.9 Å². The second-order valence-corrected chi connectivity index (χ2v) is 5.30. The van der Waals surface area contributed by atoms with Crippen LogP contribution >= 0.6 is 11.8 Å². The molecule has 2 heterocycles. The summed E-state index contributed by atoms with van der Waals surface area (Å²) in [5.74, 6) is 0. The number of rotatable bonds is 3. The van der Waals surface area contributed by atoms with E-state index in [-0.39, 0.29) is 17.6 Å². The van der Waals surface area contributed by atoms with Crippen molar-refractivity contribution in [1.29, 1.82) is 0 Å². The van der Waals surface area contributed by atoms with Crippen LogP contribution in [0.4, 0.5) is 0 Å². The molecule has 0 radical (unpaired) electrons. The molecule has 4 N–H and O–H groups in total. The first-order valence-corrected chi connectivity index (χ1v) is 6.63. The fraction of sp³-hybridized carbons (Fsp3) is 0.900. The second-order valence-electron chi connectivity index (χ2n) is 4.21. The number of aliphatic hydroxyl groups is 2. The molecule has 1 fully saturated rings. The predicted octanol–water partition coefficient (Wildman–Crippen LogP) is -1.27. The molecule has 1 saturated heterocycles. The van der Waals surface area contributed by atoms with Gasteiger partial charge in [0.25, 0.3) is 0 Å². The van der Waals surface area contributed by atoms with Crippen LogP contribution in [0.1, 0.15) is 6.42 Å². The number of fused-ring (bicyclic) bond motifs is 1. The Kier molecular flexibility index (Phi) is 4.26. The Morgan fingerprint density at radius 3 is 2.76 bits per heavy atom. The van der Waals surface area contributed by atoms with E-state index in [4.69, 9.17) is 4.74 Å². The number of ether oxygens (including phenoxy) is 1. The van der Waals surface area contributed by atoms with Crippen LogP contribution in [-0.2, 0) is 4.74 Å². The topological polar surface area (TPSA) is 86.1 Å². The van der Waals surface area contributed by atoms with Gasteiger partial charge in [0.1, 0.15) is 23.7 Å². The number of aliphatic hydroxyl groups excluding tert-OH is 2. The Balaban J connectivity index is 2.02. The summed E-state index contributed by atoms with van der Waals surface area (Å²) in [6.45, 7) is 0.746. The van der Waals surface area contributed by atoms with Gasteiger partial charge in [-0.1, -0.05) is 11.8 Å². The maximum Gasteiger partial charge on any atom is 0.159 e. The molecule has 0 spiro atoms. The highest BCUT2D eigenvalue weighted by Gasteiger charge is 2.47. The van der Waals surface area contributed by atoms with Crippen LogP contribution in [0.25, 0.3) is 0 Å². The minimum absolute atomic E-state index is 0.197. The summed E-state index contributed by atoms with van der Waals surface area (Å²) in [5, 5.41) is 26.7. The van der Waals surface area contributed by atoms with Gasteiger partial charge in [0.2, 0.25) is 0 Å². The first-order valence-electron chi connectivity index (χ1n) is 5.75. The van der Waals surface area contributed by atoms with Gasteiger partial charge in [0, 0.05) is 7.05 Å². The van der Waals surface area contributed by atoms with Crippen molar-refractivity contribution in [2.24, 2.45) is 4.99 Å². The van der Waals surface area contributed by atoms with Gasteiger partial charge >= 0.3 is 0 Å². The number of nitrogens with one attached hydrogen (secondary N) is 2. The van der Waals surface area contributed by atoms with Gasteiger partial charge in [-0.15, -0.1) is 0 Å². The molecule has 0 aromatic rings. The minimum Gasteiger partial charge on any atom is -0.388 e. The van der Waals surface area contributed by atoms with Crippen LogP contribution in [0.3, 0.4) is 0 Å². The molecule has 0 aromatic carbocycles. The predicted molar refractivity (Wildman–Crippen MR) is 67.1 cm³/mol. The van der Waals surface area contributed by atoms with E-state index in [0.717, 1.165) is 11.7 Å². The van der Waals surface area contributed by atoms with Gasteiger partial charge in [-0.2, -0.15) is 0 Å². The summed E-state index contributed by atoms with van der Waals surface area (Å²) in [7, 11) is 3.63. The second kappa shape index (κ2) is 5.53. The van der Waals surface area contributed by atoms with Crippen molar-refractivity contribution in [3.63, 3.8) is 0 Å². The molecule has 2 aliphatic heterocycles. The SMILES string of the molecule is CNCCC1OC2SC(NC)=N[C@@H]2[C@@H](O)[C@@H]1O. The van der Waals surface area contributed by atoms with E-state index in [1.165, 1.54) is 11.8 Å². The average molecular weight is 261 g/mol. The third-order valence-electron chi connectivity index (χ3n) is 3.06. The molecule has 2 rings (SSSR count). The van der Waals surface area contributed by atoms with Crippen LogP contribution in [-0.4, -0.2) is 65.8 Å². The third-order valence-corrected chi connectivity index (χ3v) is 4.21. The molecule has 5 atom stereocenters. The molecule has 0 saturated carbocycles. The summed E-state index contributed by atoms with van der Waals surface area (Å²) in [5.41, 5.74) is -0.197. The standard InChI is InChI=1S/C10H19N3O3S/c1-11-4-3-5-7(14)8(15)6-9(16-5)17-10(12-2)13-6/h5-9,11,14-15H,3-4H2,1-2H3,(H,12,13)/t5?,6-,7-,8-,9?/m1/s1. The smallest absolute Gasteiger partial charge is 0.159 e. The molecule has 0 aliphatic carbocycles. The zero-order chi connectivity index (χ0) is 12.4. The number of nitrogens with zero attached hydrogens (tertiary/aromatic N) is 1. The van der Waals surface area contributed by atoms with E-state index in [1.807, 2.05) is 7.05 Å². The quantitative estimate of drug-likeness (QED) is 0.507. The summed E-state index contributed by atoms with van der Waals surface area (Å²) in [4.78, 5) is 4.29. The third kappa shape index (κ3) is 2.58. The van der Waals surface area contributed by atoms with Crippen LogP contribution in [0.5, 0.6) is 0 Å². The Morgan fingerprint density at radius 2 is 2.12 bits per heavy atom. The molecule has 2 aliphatic rings. The van der Waals surface area contributed by atoms with Gasteiger partial charge in [0.05, 0.1) is 6.10 Å². The molecule has 0 bridgehead atoms. The number of thioether (sulfide) groups is 1. The lowest BCUT2D eigenvalue weighted by molar-refractivity contribution is -0.154. The Hall–Kier alpha value is -0.340. The molecular weight excluding hydrogens is 242 g/mol. The molecule has 7 heteroatoms. The summed E-state index contributed by atoms with van der Waals surface area (Å²) < 4.78 is 5.79. The van der Waals surface area contributed by atoms with Gasteiger partial charge in [-0.05, 0) is 20.0 Å². The molecule has 0 amide bonds. The van der Waals surface area contributed by atoms with E-state index < -0.39 is 12.2 Å². The zero-order valence-electron chi connectivity index (χ0n) is 9.96. The van der Waals surface area contributed by atoms with E-state index >= 15 is 0 Å². The molecule has 17 heavy (non-hydrogen) atoms. The molecular formula is C10H19N3O3S. The van der Waals surface area contributed by atoms with Crippen molar-refractivity contribution in [3.05, 3.63) is 0 Å². The Labute approximate surface area is 105 Å². The average Bonchev–Trinajstić information content (AvgIpc) is 2.75. The van der Waals surface area contributed by atoms with Crippen molar-refractivity contribution in [2.45, 2.75) is 36.2 Å². The minimum atomic E-state index is -0.870. The largest absolute Gasteiger partial charge is 0.388 e. The van der Waals surface area contributed by atoms with Crippen LogP contribution < -0.4 is 10.6 Å². The fourth-order valence-electron chi connectivity index (χ4n) is 2.08. The highest BCUT2D eigenvalue weighted by molar-refractivity contribution is 8.14. The zero-order valence-corrected chi connectivity index (χ0v) is 10.8. The normalized spacial score (nSPS) is 40.9. The summed E-state index contributed by atoms with van der Waals surface area (Å²) in [6.07, 6.45) is -1.38. The highest BCUT2D eigenvalue weighted by atomic mass is 32.2. The molecule has 2 unspecified atom stereocenters. The number of hydrogen-bond acceptors (Lipinski definition) is 7. The Bertz CT molecular complexity index is 303. The van der Waals surface area contributed by atoms with Crippen molar-refractivity contribution in [2.75, 3.05) is 20.6 Å². The molecule has 98 valence electrons. The number of hydrogen-bond donors (Lipinski definition) is 4. The van der Waals surface area contributed by atoms with Crippen LogP contribution in [0, 0.1) is 0 Å². The monoisotopic (exact) mass is 261 g/mol. The van der Waals surface area contributed by atoms with E-state index in [2.05, 4.69) is 15.6 Å². The van der Waals surface area contributed by atoms with Gasteiger partial charge in [-0.25, -0.2) is 0 Å². The van der Waals surface area contributed by atoms with Crippen molar-refractivity contribution in [1.82, 2.24) is 10.6 Å². The lowest BCUT2D eigenvalue weighted by atomic mass is 9.96. The van der Waals surface area contributed by atoms with Crippen molar-refractivity contribution in [3.8, 4) is 0 Å². The van der Waals surface area contributed by atoms with Crippen molar-refractivity contribution >= 4 is 16.9 Å². The summed E-state index contributed by atoms with van der Waals surface area (Å²) in [6, 6.07) is -0.372. The molecule has 6 nitrogen and oxygen atoms in total. The lowest BCUT2D eigenvalue weighted by Crippen LogP contribution is -2.55. The first-order chi connectivity index (χ1) is 8.17. The van der Waals surface area contributed by atoms with Gasteiger partial charge in [-0.3, -0.25) is 4.99 Å². The lowest BCUT2D eigenvalue weighted by Gasteiger charge is -2.38. The number of aliphatic imine (C=N–C) groups is 1. The first kappa shape index (κ1) is 13.1. The van der Waals surface area contributed by atoms with E-state index in [1.54, 1.807) is 7.05 Å².